The molecule has 204 valence electrons. The smallest absolute Gasteiger partial charge is 0.412 e. The fourth-order valence-electron chi connectivity index (χ4n) is 5.01. The number of imidazole rings is 1. The fourth-order valence-corrected chi connectivity index (χ4v) is 5.01. The molecule has 10 nitrogen and oxygen atoms in total. The first kappa shape index (κ1) is 27.4. The number of nitrogens with zero attached hydrogens (tertiary/aromatic N) is 5. The quantitative estimate of drug-likeness (QED) is 0.446. The topological polar surface area (TPSA) is 101 Å². The highest BCUT2D eigenvalue weighted by Gasteiger charge is 2.31. The van der Waals surface area contributed by atoms with Crippen molar-refractivity contribution in [3.05, 3.63) is 42.1 Å². The third-order valence-corrected chi connectivity index (χ3v) is 6.84. The zero-order chi connectivity index (χ0) is 27.4. The second-order valence-electron chi connectivity index (χ2n) is 10.2. The molecule has 1 N–H and O–H groups in total. The molecule has 0 saturated carbocycles. The van der Waals surface area contributed by atoms with Crippen LogP contribution in [0.1, 0.15) is 50.5 Å². The molecule has 0 aliphatic carbocycles. The van der Waals surface area contributed by atoms with Gasteiger partial charge in [-0.2, -0.15) is 0 Å². The number of hydrogen-bond donors (Lipinski definition) is 1. The molecule has 2 atom stereocenters. The molecule has 3 heterocycles. The van der Waals surface area contributed by atoms with E-state index in [2.05, 4.69) is 21.6 Å². The molecule has 1 aliphatic rings. The van der Waals surface area contributed by atoms with Crippen molar-refractivity contribution in [3.8, 4) is 17.0 Å². The second-order valence-corrected chi connectivity index (χ2v) is 10.2. The normalized spacial score (nSPS) is 16.2. The molecular formula is C28H38N6O4. The molecule has 2 unspecified atom stereocenters. The van der Waals surface area contributed by atoms with Crippen LogP contribution in [0.25, 0.3) is 16.8 Å². The van der Waals surface area contributed by atoms with Gasteiger partial charge in [-0.25, -0.2) is 9.78 Å². The molecule has 3 aromatic rings. The largest absolute Gasteiger partial charge is 0.495 e. The van der Waals surface area contributed by atoms with Gasteiger partial charge in [0.2, 0.25) is 5.91 Å². The van der Waals surface area contributed by atoms with Crippen LogP contribution in [0.4, 0.5) is 10.5 Å². The molecule has 2 aromatic heterocycles. The van der Waals surface area contributed by atoms with E-state index in [1.54, 1.807) is 19.4 Å². The summed E-state index contributed by atoms with van der Waals surface area (Å²) in [7, 11) is 5.37. The molecule has 1 fully saturated rings. The summed E-state index contributed by atoms with van der Waals surface area (Å²) in [5.41, 5.74) is 3.92. The Kier molecular flexibility index (Phi) is 8.51. The molecule has 2 amide bonds. The summed E-state index contributed by atoms with van der Waals surface area (Å²) in [6, 6.07) is 5.58. The Hall–Kier alpha value is -3.66. The molecule has 0 radical (unpaired) electrons. The maximum Gasteiger partial charge on any atom is 0.412 e. The molecule has 1 aromatic carbocycles. The van der Waals surface area contributed by atoms with E-state index in [1.165, 1.54) is 0 Å². The van der Waals surface area contributed by atoms with Gasteiger partial charge in [-0.1, -0.05) is 19.4 Å². The zero-order valence-electron chi connectivity index (χ0n) is 23.2. The lowest BCUT2D eigenvalue weighted by Gasteiger charge is -2.18. The SMILES string of the molecule is CCCC(C)OC(=O)Nc1ccc(-c2nc(C3CCN(C(=O)CN(C)C)C3)n3ccnc(C)c23)cc1OC. The summed E-state index contributed by atoms with van der Waals surface area (Å²) in [4.78, 5) is 38.4. The first-order valence-electron chi connectivity index (χ1n) is 13.1. The van der Waals surface area contributed by atoms with E-state index in [-0.39, 0.29) is 17.9 Å². The standard InChI is InChI=1S/C28H38N6O4/c1-7-8-18(2)38-28(36)30-22-10-9-20(15-23(22)37-6)25-26-19(3)29-12-14-34(26)27(31-25)21-11-13-33(16-21)24(35)17-32(4)5/h9-10,12,14-15,18,21H,7-8,11,13,16-17H2,1-6H3,(H,30,36). The molecule has 1 saturated heterocycles. The van der Waals surface area contributed by atoms with Gasteiger partial charge in [-0.3, -0.25) is 19.5 Å². The van der Waals surface area contributed by atoms with Gasteiger partial charge in [-0.15, -0.1) is 0 Å². The molecular weight excluding hydrogens is 484 g/mol. The van der Waals surface area contributed by atoms with E-state index in [1.807, 2.05) is 56.1 Å². The van der Waals surface area contributed by atoms with Crippen LogP contribution in [0.3, 0.4) is 0 Å². The molecule has 4 rings (SSSR count). The maximum absolute atomic E-state index is 12.6. The van der Waals surface area contributed by atoms with E-state index in [0.717, 1.165) is 47.6 Å². The number of rotatable bonds is 9. The number of amides is 2. The summed E-state index contributed by atoms with van der Waals surface area (Å²) >= 11 is 0. The monoisotopic (exact) mass is 522 g/mol. The number of hydrogen-bond acceptors (Lipinski definition) is 7. The number of likely N-dealkylation sites (tertiary alicyclic amines) is 1. The minimum absolute atomic E-state index is 0.117. The van der Waals surface area contributed by atoms with Crippen LogP contribution in [0.15, 0.2) is 30.6 Å². The number of aryl methyl sites for hydroxylation is 1. The maximum atomic E-state index is 12.6. The first-order valence-corrected chi connectivity index (χ1v) is 13.1. The van der Waals surface area contributed by atoms with Crippen LogP contribution in [-0.4, -0.2) is 83.1 Å². The summed E-state index contributed by atoms with van der Waals surface area (Å²) in [6.45, 7) is 7.64. The summed E-state index contributed by atoms with van der Waals surface area (Å²) in [5.74, 6) is 1.67. The number of benzene rings is 1. The van der Waals surface area contributed by atoms with Crippen molar-refractivity contribution in [2.75, 3.05) is 46.2 Å². The van der Waals surface area contributed by atoms with Gasteiger partial charge in [-0.05, 0) is 52.9 Å². The Morgan fingerprint density at radius 1 is 1.29 bits per heavy atom. The average molecular weight is 523 g/mol. The molecule has 38 heavy (non-hydrogen) atoms. The van der Waals surface area contributed by atoms with Crippen molar-refractivity contribution in [1.82, 2.24) is 24.2 Å². The van der Waals surface area contributed by atoms with E-state index in [0.29, 0.717) is 31.1 Å². The van der Waals surface area contributed by atoms with Gasteiger partial charge in [0, 0.05) is 37.0 Å². The van der Waals surface area contributed by atoms with E-state index >= 15 is 0 Å². The number of carbonyl (C=O) groups excluding carboxylic acids is 2. The fraction of sp³-hybridized carbons (Fsp3) is 0.500. The number of ether oxygens (including phenoxy) is 2. The van der Waals surface area contributed by atoms with Crippen molar-refractivity contribution >= 4 is 23.2 Å². The van der Waals surface area contributed by atoms with Crippen LogP contribution >= 0.6 is 0 Å². The Bertz CT molecular complexity index is 1300. The predicted molar refractivity (Wildman–Crippen MR) is 147 cm³/mol. The van der Waals surface area contributed by atoms with Gasteiger partial charge in [0.25, 0.3) is 0 Å². The lowest BCUT2D eigenvalue weighted by atomic mass is 10.1. The number of carbonyl (C=O) groups is 2. The minimum atomic E-state index is -0.513. The highest BCUT2D eigenvalue weighted by Crippen LogP contribution is 2.36. The minimum Gasteiger partial charge on any atom is -0.495 e. The van der Waals surface area contributed by atoms with E-state index in [9.17, 15) is 9.59 Å². The van der Waals surface area contributed by atoms with Crippen LogP contribution in [0, 0.1) is 6.92 Å². The highest BCUT2D eigenvalue weighted by atomic mass is 16.6. The number of nitrogens with one attached hydrogen (secondary N) is 1. The van der Waals surface area contributed by atoms with Crippen LogP contribution in [-0.2, 0) is 9.53 Å². The van der Waals surface area contributed by atoms with Crippen LogP contribution in [0.2, 0.25) is 0 Å². The van der Waals surface area contributed by atoms with Gasteiger partial charge in [0.05, 0.1) is 36.2 Å². The van der Waals surface area contributed by atoms with Gasteiger partial charge >= 0.3 is 6.09 Å². The number of aromatic nitrogens is 3. The summed E-state index contributed by atoms with van der Waals surface area (Å²) in [5, 5.41) is 2.79. The Labute approximate surface area is 223 Å². The van der Waals surface area contributed by atoms with Crippen molar-refractivity contribution in [3.63, 3.8) is 0 Å². The van der Waals surface area contributed by atoms with Gasteiger partial charge < -0.3 is 19.3 Å². The summed E-state index contributed by atoms with van der Waals surface area (Å²) in [6.07, 6.45) is 5.62. The number of anilines is 1. The van der Waals surface area contributed by atoms with Crippen LogP contribution < -0.4 is 10.1 Å². The third-order valence-electron chi connectivity index (χ3n) is 6.84. The highest BCUT2D eigenvalue weighted by molar-refractivity contribution is 5.89. The predicted octanol–water partition coefficient (Wildman–Crippen LogP) is 4.33. The summed E-state index contributed by atoms with van der Waals surface area (Å²) < 4.78 is 13.1. The average Bonchev–Trinajstić information content (AvgIpc) is 3.50. The Morgan fingerprint density at radius 3 is 2.79 bits per heavy atom. The van der Waals surface area contributed by atoms with Crippen molar-refractivity contribution < 1.29 is 19.1 Å². The zero-order valence-corrected chi connectivity index (χ0v) is 23.2. The van der Waals surface area contributed by atoms with E-state index < -0.39 is 6.09 Å². The molecule has 10 heteroatoms. The second kappa shape index (κ2) is 11.8. The molecule has 0 spiro atoms. The molecule has 1 aliphatic heterocycles. The Morgan fingerprint density at radius 2 is 2.08 bits per heavy atom. The number of fused-ring (bicyclic) bond motifs is 1. The van der Waals surface area contributed by atoms with E-state index in [4.69, 9.17) is 14.5 Å². The van der Waals surface area contributed by atoms with Crippen molar-refractivity contribution in [2.45, 2.75) is 52.1 Å². The van der Waals surface area contributed by atoms with Crippen LogP contribution in [0.5, 0.6) is 5.75 Å². The number of methoxy groups -OCH3 is 1. The Balaban J connectivity index is 1.64. The number of likely N-dealkylation sites (N-methyl/N-ethyl adjacent to an activating group) is 1. The third kappa shape index (κ3) is 5.91. The van der Waals surface area contributed by atoms with Gasteiger partial charge in [0.15, 0.2) is 0 Å². The van der Waals surface area contributed by atoms with Crippen molar-refractivity contribution in [2.24, 2.45) is 0 Å². The molecule has 0 bridgehead atoms. The van der Waals surface area contributed by atoms with Crippen molar-refractivity contribution in [1.29, 1.82) is 0 Å². The van der Waals surface area contributed by atoms with Gasteiger partial charge in [0.1, 0.15) is 17.7 Å². The lowest BCUT2D eigenvalue weighted by molar-refractivity contribution is -0.130. The lowest BCUT2D eigenvalue weighted by Crippen LogP contribution is -2.36. The first-order chi connectivity index (χ1) is 18.2.